The number of benzene rings is 1. The molecule has 0 saturated heterocycles. The highest BCUT2D eigenvalue weighted by Gasteiger charge is 2.45. The predicted octanol–water partition coefficient (Wildman–Crippen LogP) is 2.31. The molecule has 1 aromatic carbocycles. The van der Waals surface area contributed by atoms with Gasteiger partial charge in [-0.15, -0.1) is 0 Å². The number of hydrogen-bond donors (Lipinski definition) is 2. The maximum absolute atomic E-state index is 10.9. The number of halogens is 1. The average Bonchev–Trinajstić information content (AvgIpc) is 2.89. The number of carbonyl (C=O) groups is 1. The van der Waals surface area contributed by atoms with Crippen molar-refractivity contribution in [3.8, 4) is 0 Å². The van der Waals surface area contributed by atoms with E-state index in [4.69, 9.17) is 17.3 Å². The average molecular weight is 225 g/mol. The van der Waals surface area contributed by atoms with Crippen LogP contribution in [0.3, 0.4) is 0 Å². The summed E-state index contributed by atoms with van der Waals surface area (Å²) in [6, 6.07) is 5.37. The number of amides is 2. The van der Waals surface area contributed by atoms with Crippen molar-refractivity contribution in [1.29, 1.82) is 0 Å². The lowest BCUT2D eigenvalue weighted by molar-refractivity contribution is 0.244. The van der Waals surface area contributed by atoms with Crippen molar-refractivity contribution in [3.63, 3.8) is 0 Å². The molecule has 1 aliphatic rings. The molecule has 80 valence electrons. The molecular formula is C11H13ClN2O. The molecule has 0 aromatic heterocycles. The first kappa shape index (κ1) is 10.3. The van der Waals surface area contributed by atoms with Crippen LogP contribution in [-0.2, 0) is 5.54 Å². The SMILES string of the molecule is Cc1ccc(C2(NC(N)=O)CC2)cc1Cl. The Bertz CT molecular complexity index is 413. The summed E-state index contributed by atoms with van der Waals surface area (Å²) in [7, 11) is 0. The fraction of sp³-hybridized carbons (Fsp3) is 0.364. The van der Waals surface area contributed by atoms with Crippen LogP contribution in [0.1, 0.15) is 24.0 Å². The number of nitrogens with one attached hydrogen (secondary N) is 1. The third-order valence-corrected chi connectivity index (χ3v) is 3.24. The van der Waals surface area contributed by atoms with Crippen molar-refractivity contribution in [1.82, 2.24) is 5.32 Å². The Labute approximate surface area is 93.6 Å². The molecule has 1 saturated carbocycles. The van der Waals surface area contributed by atoms with E-state index in [1.165, 1.54) is 0 Å². The maximum atomic E-state index is 10.9. The summed E-state index contributed by atoms with van der Waals surface area (Å²) in [4.78, 5) is 10.9. The van der Waals surface area contributed by atoms with Crippen molar-refractivity contribution in [2.24, 2.45) is 5.73 Å². The molecule has 0 bridgehead atoms. The predicted molar refractivity (Wildman–Crippen MR) is 59.8 cm³/mol. The summed E-state index contributed by atoms with van der Waals surface area (Å²) in [5.74, 6) is 0. The van der Waals surface area contributed by atoms with Crippen molar-refractivity contribution in [3.05, 3.63) is 34.3 Å². The highest BCUT2D eigenvalue weighted by atomic mass is 35.5. The summed E-state index contributed by atoms with van der Waals surface area (Å²) in [6.07, 6.45) is 1.85. The number of primary amides is 1. The number of urea groups is 1. The van der Waals surface area contributed by atoms with Crippen LogP contribution >= 0.6 is 11.6 Å². The Morgan fingerprint density at radius 1 is 1.53 bits per heavy atom. The second-order valence-electron chi connectivity index (χ2n) is 4.04. The van der Waals surface area contributed by atoms with Gasteiger partial charge in [-0.25, -0.2) is 4.79 Å². The number of rotatable bonds is 2. The molecule has 0 unspecified atom stereocenters. The van der Waals surface area contributed by atoms with E-state index in [0.717, 1.165) is 29.0 Å². The first-order chi connectivity index (χ1) is 7.03. The molecule has 1 aliphatic carbocycles. The minimum absolute atomic E-state index is 0.261. The van der Waals surface area contributed by atoms with Crippen LogP contribution in [0.5, 0.6) is 0 Å². The zero-order valence-corrected chi connectivity index (χ0v) is 9.27. The molecule has 0 spiro atoms. The third kappa shape index (κ3) is 1.92. The molecular weight excluding hydrogens is 212 g/mol. The fourth-order valence-electron chi connectivity index (χ4n) is 1.74. The lowest BCUT2D eigenvalue weighted by Gasteiger charge is -2.17. The van der Waals surface area contributed by atoms with Gasteiger partial charge in [0, 0.05) is 5.02 Å². The van der Waals surface area contributed by atoms with Crippen molar-refractivity contribution < 1.29 is 4.79 Å². The second-order valence-corrected chi connectivity index (χ2v) is 4.44. The highest BCUT2D eigenvalue weighted by molar-refractivity contribution is 6.31. The molecule has 0 radical (unpaired) electrons. The van der Waals surface area contributed by atoms with Crippen molar-refractivity contribution >= 4 is 17.6 Å². The van der Waals surface area contributed by atoms with E-state index in [9.17, 15) is 4.79 Å². The third-order valence-electron chi connectivity index (χ3n) is 2.84. The summed E-state index contributed by atoms with van der Waals surface area (Å²) >= 11 is 6.04. The van der Waals surface area contributed by atoms with Crippen LogP contribution < -0.4 is 11.1 Å². The number of hydrogen-bond acceptors (Lipinski definition) is 1. The van der Waals surface area contributed by atoms with Crippen LogP contribution in [-0.4, -0.2) is 6.03 Å². The van der Waals surface area contributed by atoms with Gasteiger partial charge in [-0.1, -0.05) is 23.7 Å². The smallest absolute Gasteiger partial charge is 0.312 e. The van der Waals surface area contributed by atoms with Gasteiger partial charge in [0.2, 0.25) is 0 Å². The van der Waals surface area contributed by atoms with Crippen LogP contribution in [0.25, 0.3) is 0 Å². The zero-order chi connectivity index (χ0) is 11.1. The Kier molecular flexibility index (Phi) is 2.35. The van der Waals surface area contributed by atoms with E-state index in [2.05, 4.69) is 5.32 Å². The van der Waals surface area contributed by atoms with Crippen LogP contribution in [0, 0.1) is 6.92 Å². The number of aryl methyl sites for hydroxylation is 1. The standard InChI is InChI=1S/C11H13ClN2O/c1-7-2-3-8(6-9(7)12)11(4-5-11)14-10(13)15/h2-3,6H,4-5H2,1H3,(H3,13,14,15). The first-order valence-corrected chi connectivity index (χ1v) is 5.25. The van der Waals surface area contributed by atoms with Gasteiger partial charge in [0.1, 0.15) is 0 Å². The topological polar surface area (TPSA) is 55.1 Å². The normalized spacial score (nSPS) is 17.2. The van der Waals surface area contributed by atoms with Gasteiger partial charge >= 0.3 is 6.03 Å². The molecule has 15 heavy (non-hydrogen) atoms. The quantitative estimate of drug-likeness (QED) is 0.796. The molecule has 2 rings (SSSR count). The molecule has 0 atom stereocenters. The molecule has 4 heteroatoms. The summed E-state index contributed by atoms with van der Waals surface area (Å²) < 4.78 is 0. The summed E-state index contributed by atoms with van der Waals surface area (Å²) in [5, 5.41) is 3.50. The second kappa shape index (κ2) is 3.42. The Morgan fingerprint density at radius 3 is 2.67 bits per heavy atom. The highest BCUT2D eigenvalue weighted by Crippen LogP contribution is 2.46. The van der Waals surface area contributed by atoms with Gasteiger partial charge in [0.15, 0.2) is 0 Å². The minimum atomic E-state index is -0.482. The minimum Gasteiger partial charge on any atom is -0.352 e. The van der Waals surface area contributed by atoms with E-state index >= 15 is 0 Å². The first-order valence-electron chi connectivity index (χ1n) is 4.88. The van der Waals surface area contributed by atoms with Gasteiger partial charge in [0.25, 0.3) is 0 Å². The maximum Gasteiger partial charge on any atom is 0.312 e. The number of nitrogens with two attached hydrogens (primary N) is 1. The van der Waals surface area contributed by atoms with Crippen molar-refractivity contribution in [2.75, 3.05) is 0 Å². The van der Waals surface area contributed by atoms with Gasteiger partial charge in [-0.05, 0) is 37.0 Å². The molecule has 3 nitrogen and oxygen atoms in total. The Hall–Kier alpha value is -1.22. The lowest BCUT2D eigenvalue weighted by Crippen LogP contribution is -2.38. The molecule has 1 fully saturated rings. The van der Waals surface area contributed by atoms with Crippen molar-refractivity contribution in [2.45, 2.75) is 25.3 Å². The van der Waals surface area contributed by atoms with E-state index in [1.54, 1.807) is 0 Å². The molecule has 3 N–H and O–H groups in total. The number of carbonyl (C=O) groups excluding carboxylic acids is 1. The summed E-state index contributed by atoms with van der Waals surface area (Å²) in [6.45, 7) is 1.95. The monoisotopic (exact) mass is 224 g/mol. The van der Waals surface area contributed by atoms with E-state index in [0.29, 0.717) is 0 Å². The van der Waals surface area contributed by atoms with Crippen LogP contribution in [0.15, 0.2) is 18.2 Å². The summed E-state index contributed by atoms with van der Waals surface area (Å²) in [5.41, 5.74) is 6.96. The van der Waals surface area contributed by atoms with E-state index < -0.39 is 6.03 Å². The van der Waals surface area contributed by atoms with Gasteiger partial charge in [-0.3, -0.25) is 0 Å². The Balaban J connectivity index is 2.29. The van der Waals surface area contributed by atoms with E-state index in [-0.39, 0.29) is 5.54 Å². The molecule has 0 aliphatic heterocycles. The lowest BCUT2D eigenvalue weighted by atomic mass is 10.0. The zero-order valence-electron chi connectivity index (χ0n) is 8.51. The largest absolute Gasteiger partial charge is 0.352 e. The molecule has 1 aromatic rings. The van der Waals surface area contributed by atoms with Gasteiger partial charge < -0.3 is 11.1 Å². The fourth-order valence-corrected chi connectivity index (χ4v) is 1.92. The molecule has 2 amide bonds. The van der Waals surface area contributed by atoms with Gasteiger partial charge in [0.05, 0.1) is 5.54 Å². The van der Waals surface area contributed by atoms with E-state index in [1.807, 2.05) is 25.1 Å². The van der Waals surface area contributed by atoms with Gasteiger partial charge in [-0.2, -0.15) is 0 Å². The Morgan fingerprint density at radius 2 is 2.20 bits per heavy atom. The molecule has 0 heterocycles. The van der Waals surface area contributed by atoms with Crippen LogP contribution in [0.2, 0.25) is 5.02 Å². The van der Waals surface area contributed by atoms with Crippen LogP contribution in [0.4, 0.5) is 4.79 Å².